The number of methoxy groups -OCH3 is 3. The van der Waals surface area contributed by atoms with Gasteiger partial charge in [0.25, 0.3) is 0 Å². The molecule has 0 aliphatic heterocycles. The third-order valence-corrected chi connectivity index (χ3v) is 3.82. The average Bonchev–Trinajstić information content (AvgIpc) is 2.53. The first-order valence-electron chi connectivity index (χ1n) is 6.41. The highest BCUT2D eigenvalue weighted by Gasteiger charge is 2.21. The van der Waals surface area contributed by atoms with Crippen molar-refractivity contribution in [1.82, 2.24) is 0 Å². The van der Waals surface area contributed by atoms with Crippen LogP contribution in [0, 0.1) is 0 Å². The van der Waals surface area contributed by atoms with Crippen LogP contribution in [0.4, 0.5) is 0 Å². The molecule has 0 bridgehead atoms. The van der Waals surface area contributed by atoms with Crippen LogP contribution in [0.25, 0.3) is 0 Å². The Kier molecular flexibility index (Phi) is 5.09. The van der Waals surface area contributed by atoms with E-state index in [0.717, 1.165) is 15.6 Å². The molecule has 2 rings (SSSR count). The minimum absolute atomic E-state index is 0.353. The molecule has 0 saturated carbocycles. The Bertz CT molecular complexity index is 588. The molecule has 21 heavy (non-hydrogen) atoms. The Hall–Kier alpha value is -1.72. The molecule has 112 valence electrons. The van der Waals surface area contributed by atoms with Gasteiger partial charge in [0.2, 0.25) is 0 Å². The molecule has 0 aromatic heterocycles. The van der Waals surface area contributed by atoms with Crippen LogP contribution in [0.1, 0.15) is 17.2 Å². The van der Waals surface area contributed by atoms with E-state index in [1.807, 2.05) is 24.3 Å². The molecule has 0 fully saturated rings. The van der Waals surface area contributed by atoms with Gasteiger partial charge in [-0.1, -0.05) is 28.1 Å². The van der Waals surface area contributed by atoms with Crippen molar-refractivity contribution in [3.63, 3.8) is 0 Å². The van der Waals surface area contributed by atoms with Crippen LogP contribution < -0.4 is 19.9 Å². The van der Waals surface area contributed by atoms with E-state index >= 15 is 0 Å². The van der Waals surface area contributed by atoms with E-state index in [4.69, 9.17) is 19.9 Å². The quantitative estimate of drug-likeness (QED) is 0.895. The number of rotatable bonds is 5. The van der Waals surface area contributed by atoms with Crippen molar-refractivity contribution in [2.45, 2.75) is 6.04 Å². The zero-order valence-electron chi connectivity index (χ0n) is 12.2. The van der Waals surface area contributed by atoms with Crippen molar-refractivity contribution in [3.05, 3.63) is 52.0 Å². The maximum Gasteiger partial charge on any atom is 0.131 e. The van der Waals surface area contributed by atoms with Crippen molar-refractivity contribution in [2.75, 3.05) is 21.3 Å². The van der Waals surface area contributed by atoms with E-state index in [9.17, 15) is 0 Å². The molecule has 0 aliphatic carbocycles. The molecule has 4 nitrogen and oxygen atoms in total. The molecule has 0 radical (unpaired) electrons. The normalized spacial score (nSPS) is 11.9. The van der Waals surface area contributed by atoms with Crippen LogP contribution in [0.2, 0.25) is 0 Å². The number of ether oxygens (including phenoxy) is 3. The third-order valence-electron chi connectivity index (χ3n) is 3.29. The summed E-state index contributed by atoms with van der Waals surface area (Å²) in [4.78, 5) is 0. The number of halogens is 1. The Balaban J connectivity index is 2.52. The third kappa shape index (κ3) is 3.31. The molecule has 0 amide bonds. The van der Waals surface area contributed by atoms with Crippen LogP contribution in [0.5, 0.6) is 17.2 Å². The van der Waals surface area contributed by atoms with Gasteiger partial charge >= 0.3 is 0 Å². The second-order valence-corrected chi connectivity index (χ2v) is 5.39. The Morgan fingerprint density at radius 1 is 0.905 bits per heavy atom. The molecule has 0 saturated heterocycles. The summed E-state index contributed by atoms with van der Waals surface area (Å²) in [5, 5.41) is 0. The second-order valence-electron chi connectivity index (χ2n) is 4.47. The van der Waals surface area contributed by atoms with Crippen LogP contribution >= 0.6 is 15.9 Å². The average molecular weight is 352 g/mol. The molecule has 5 heteroatoms. The molecule has 1 atom stereocenters. The topological polar surface area (TPSA) is 53.7 Å². The lowest BCUT2D eigenvalue weighted by molar-refractivity contribution is 0.366. The molecule has 0 spiro atoms. The van der Waals surface area contributed by atoms with Gasteiger partial charge in [-0.2, -0.15) is 0 Å². The maximum absolute atomic E-state index is 6.39. The highest BCUT2D eigenvalue weighted by atomic mass is 79.9. The summed E-state index contributed by atoms with van der Waals surface area (Å²) in [6.07, 6.45) is 0. The molecular formula is C16H18BrNO3. The smallest absolute Gasteiger partial charge is 0.131 e. The van der Waals surface area contributed by atoms with E-state index in [2.05, 4.69) is 15.9 Å². The van der Waals surface area contributed by atoms with Gasteiger partial charge in [-0.3, -0.25) is 0 Å². The van der Waals surface area contributed by atoms with Gasteiger partial charge in [0, 0.05) is 16.6 Å². The summed E-state index contributed by atoms with van der Waals surface area (Å²) in [6, 6.07) is 11.1. The molecule has 0 aliphatic rings. The Morgan fingerprint density at radius 3 is 1.86 bits per heavy atom. The fourth-order valence-electron chi connectivity index (χ4n) is 2.18. The lowest BCUT2D eigenvalue weighted by Crippen LogP contribution is -2.14. The van der Waals surface area contributed by atoms with Crippen LogP contribution in [0.15, 0.2) is 40.9 Å². The highest BCUT2D eigenvalue weighted by molar-refractivity contribution is 9.10. The Morgan fingerprint density at radius 2 is 1.43 bits per heavy atom. The molecule has 2 aromatic carbocycles. The summed E-state index contributed by atoms with van der Waals surface area (Å²) in [7, 11) is 4.81. The van der Waals surface area contributed by atoms with Gasteiger partial charge < -0.3 is 19.9 Å². The largest absolute Gasteiger partial charge is 0.496 e. The predicted molar refractivity (Wildman–Crippen MR) is 86.3 cm³/mol. The fourth-order valence-corrected chi connectivity index (χ4v) is 2.44. The van der Waals surface area contributed by atoms with E-state index in [0.29, 0.717) is 17.2 Å². The van der Waals surface area contributed by atoms with E-state index in [-0.39, 0.29) is 6.04 Å². The summed E-state index contributed by atoms with van der Waals surface area (Å²) < 4.78 is 17.1. The summed E-state index contributed by atoms with van der Waals surface area (Å²) >= 11 is 3.42. The summed E-state index contributed by atoms with van der Waals surface area (Å²) in [5.74, 6) is 1.94. The van der Waals surface area contributed by atoms with E-state index < -0.39 is 0 Å². The van der Waals surface area contributed by atoms with E-state index in [1.54, 1.807) is 33.5 Å². The van der Waals surface area contributed by atoms with Crippen LogP contribution in [0.3, 0.4) is 0 Å². The highest BCUT2D eigenvalue weighted by Crippen LogP contribution is 2.39. The standard InChI is InChI=1S/C16H18BrNO3/c1-19-12-8-13(20-2)15(14(9-12)21-3)16(18)10-4-6-11(17)7-5-10/h4-9,16H,18H2,1-3H3. The van der Waals surface area contributed by atoms with Gasteiger partial charge in [0.15, 0.2) is 0 Å². The molecule has 2 aromatic rings. The summed E-state index contributed by atoms with van der Waals surface area (Å²) in [6.45, 7) is 0. The van der Waals surface area contributed by atoms with Crippen LogP contribution in [-0.4, -0.2) is 21.3 Å². The second kappa shape index (κ2) is 6.83. The number of nitrogens with two attached hydrogens (primary N) is 1. The van der Waals surface area contributed by atoms with Crippen molar-refractivity contribution >= 4 is 15.9 Å². The maximum atomic E-state index is 6.39. The molecule has 0 heterocycles. The summed E-state index contributed by atoms with van der Waals surface area (Å²) in [5.41, 5.74) is 8.16. The van der Waals surface area contributed by atoms with Gasteiger partial charge in [-0.05, 0) is 17.7 Å². The minimum Gasteiger partial charge on any atom is -0.496 e. The zero-order chi connectivity index (χ0) is 15.4. The number of benzene rings is 2. The van der Waals surface area contributed by atoms with Crippen molar-refractivity contribution in [1.29, 1.82) is 0 Å². The van der Waals surface area contributed by atoms with Crippen molar-refractivity contribution in [3.8, 4) is 17.2 Å². The zero-order valence-corrected chi connectivity index (χ0v) is 13.8. The van der Waals surface area contributed by atoms with Gasteiger partial charge in [0.05, 0.1) is 32.9 Å². The SMILES string of the molecule is COc1cc(OC)c(C(N)c2ccc(Br)cc2)c(OC)c1. The lowest BCUT2D eigenvalue weighted by Gasteiger charge is -2.20. The van der Waals surface area contributed by atoms with Crippen molar-refractivity contribution in [2.24, 2.45) is 5.73 Å². The number of hydrogen-bond acceptors (Lipinski definition) is 4. The predicted octanol–water partition coefficient (Wildman–Crippen LogP) is 3.52. The van der Waals surface area contributed by atoms with Gasteiger partial charge in [-0.25, -0.2) is 0 Å². The minimum atomic E-state index is -0.353. The monoisotopic (exact) mass is 351 g/mol. The van der Waals surface area contributed by atoms with Crippen LogP contribution in [-0.2, 0) is 0 Å². The van der Waals surface area contributed by atoms with Gasteiger partial charge in [-0.15, -0.1) is 0 Å². The van der Waals surface area contributed by atoms with Crippen molar-refractivity contribution < 1.29 is 14.2 Å². The first-order valence-corrected chi connectivity index (χ1v) is 7.21. The fraction of sp³-hybridized carbons (Fsp3) is 0.250. The molecular weight excluding hydrogens is 334 g/mol. The molecule has 1 unspecified atom stereocenters. The molecule has 2 N–H and O–H groups in total. The van der Waals surface area contributed by atoms with Gasteiger partial charge in [0.1, 0.15) is 17.2 Å². The lowest BCUT2D eigenvalue weighted by atomic mass is 9.97. The Labute approximate surface area is 132 Å². The van der Waals surface area contributed by atoms with E-state index in [1.165, 1.54) is 0 Å². The number of hydrogen-bond donors (Lipinski definition) is 1. The first kappa shape index (κ1) is 15.7. The first-order chi connectivity index (χ1) is 10.1.